The number of carbonyl (C=O) groups excluding carboxylic acids is 1. The van der Waals surface area contributed by atoms with Gasteiger partial charge >= 0.3 is 5.97 Å². The molecule has 0 aliphatic carbocycles. The zero-order valence-electron chi connectivity index (χ0n) is 15.5. The molecule has 3 heteroatoms. The number of benzene rings is 1. The second-order valence-corrected chi connectivity index (χ2v) is 6.44. The van der Waals surface area contributed by atoms with Crippen LogP contribution in [0.2, 0.25) is 0 Å². The molecule has 24 heavy (non-hydrogen) atoms. The molecule has 0 amide bonds. The van der Waals surface area contributed by atoms with Crippen LogP contribution in [0.3, 0.4) is 0 Å². The summed E-state index contributed by atoms with van der Waals surface area (Å²) in [6.45, 7) is 2.26. The van der Waals surface area contributed by atoms with Crippen LogP contribution >= 0.6 is 0 Å². The van der Waals surface area contributed by atoms with E-state index in [0.717, 1.165) is 18.6 Å². The standard InChI is InChI=1S/C21H34O3/c1-3-4-5-6-7-8-9-10-11-12-13-14-21(22)24-20-17-15-19(23-2)16-18-20/h15-18H,3-14H2,1-2H3. The Bertz CT molecular complexity index is 425. The van der Waals surface area contributed by atoms with Crippen LogP contribution in [0.15, 0.2) is 24.3 Å². The van der Waals surface area contributed by atoms with Crippen LogP contribution in [0.1, 0.15) is 84.0 Å². The van der Waals surface area contributed by atoms with Crippen molar-refractivity contribution in [3.8, 4) is 11.5 Å². The molecular formula is C21H34O3. The van der Waals surface area contributed by atoms with Crippen LogP contribution in [-0.4, -0.2) is 13.1 Å². The highest BCUT2D eigenvalue weighted by Gasteiger charge is 2.04. The van der Waals surface area contributed by atoms with Gasteiger partial charge in [0.15, 0.2) is 0 Å². The van der Waals surface area contributed by atoms with Gasteiger partial charge < -0.3 is 9.47 Å². The van der Waals surface area contributed by atoms with Gasteiger partial charge in [-0.05, 0) is 30.7 Å². The first-order valence-electron chi connectivity index (χ1n) is 9.61. The largest absolute Gasteiger partial charge is 0.497 e. The number of rotatable bonds is 14. The number of hydrogen-bond donors (Lipinski definition) is 0. The van der Waals surface area contributed by atoms with Gasteiger partial charge in [0, 0.05) is 6.42 Å². The van der Waals surface area contributed by atoms with Gasteiger partial charge in [-0.3, -0.25) is 4.79 Å². The summed E-state index contributed by atoms with van der Waals surface area (Å²) in [4.78, 5) is 11.8. The van der Waals surface area contributed by atoms with Crippen molar-refractivity contribution in [3.05, 3.63) is 24.3 Å². The number of carbonyl (C=O) groups is 1. The summed E-state index contributed by atoms with van der Waals surface area (Å²) in [5.41, 5.74) is 0. The Hall–Kier alpha value is -1.51. The average Bonchev–Trinajstić information content (AvgIpc) is 2.60. The molecule has 0 radical (unpaired) electrons. The average molecular weight is 334 g/mol. The summed E-state index contributed by atoms with van der Waals surface area (Å²) in [7, 11) is 1.62. The zero-order valence-corrected chi connectivity index (χ0v) is 15.5. The lowest BCUT2D eigenvalue weighted by Crippen LogP contribution is -2.07. The third kappa shape index (κ3) is 10.3. The van der Waals surface area contributed by atoms with E-state index in [1.165, 1.54) is 57.8 Å². The van der Waals surface area contributed by atoms with Crippen LogP contribution in [0, 0.1) is 0 Å². The van der Waals surface area contributed by atoms with E-state index in [4.69, 9.17) is 9.47 Å². The molecule has 1 aromatic carbocycles. The van der Waals surface area contributed by atoms with E-state index in [1.807, 2.05) is 0 Å². The molecule has 0 spiro atoms. The summed E-state index contributed by atoms with van der Waals surface area (Å²) in [5.74, 6) is 1.21. The zero-order chi connectivity index (χ0) is 17.5. The summed E-state index contributed by atoms with van der Waals surface area (Å²) in [5, 5.41) is 0. The van der Waals surface area contributed by atoms with Crippen molar-refractivity contribution < 1.29 is 14.3 Å². The van der Waals surface area contributed by atoms with Crippen LogP contribution in [0.4, 0.5) is 0 Å². The van der Waals surface area contributed by atoms with Crippen LogP contribution in [0.5, 0.6) is 11.5 Å². The molecule has 0 aliphatic heterocycles. The molecule has 0 saturated carbocycles. The molecule has 0 atom stereocenters. The van der Waals surface area contributed by atoms with Crippen LogP contribution < -0.4 is 9.47 Å². The summed E-state index contributed by atoms with van der Waals surface area (Å²) in [6, 6.07) is 7.12. The molecular weight excluding hydrogens is 300 g/mol. The molecule has 0 saturated heterocycles. The van der Waals surface area contributed by atoms with E-state index >= 15 is 0 Å². The summed E-state index contributed by atoms with van der Waals surface area (Å²) in [6.07, 6.45) is 14.6. The van der Waals surface area contributed by atoms with Crippen molar-refractivity contribution in [1.29, 1.82) is 0 Å². The van der Waals surface area contributed by atoms with E-state index in [2.05, 4.69) is 6.92 Å². The molecule has 1 aromatic rings. The van der Waals surface area contributed by atoms with Crippen molar-refractivity contribution in [3.63, 3.8) is 0 Å². The van der Waals surface area contributed by atoms with Crippen LogP contribution in [-0.2, 0) is 4.79 Å². The molecule has 3 nitrogen and oxygen atoms in total. The maximum absolute atomic E-state index is 11.8. The van der Waals surface area contributed by atoms with Gasteiger partial charge in [0.25, 0.3) is 0 Å². The van der Waals surface area contributed by atoms with Gasteiger partial charge in [0.2, 0.25) is 0 Å². The lowest BCUT2D eigenvalue weighted by molar-refractivity contribution is -0.134. The van der Waals surface area contributed by atoms with E-state index < -0.39 is 0 Å². The fourth-order valence-electron chi connectivity index (χ4n) is 2.76. The minimum absolute atomic E-state index is 0.143. The van der Waals surface area contributed by atoms with Gasteiger partial charge in [-0.1, -0.05) is 71.1 Å². The van der Waals surface area contributed by atoms with Gasteiger partial charge in [-0.2, -0.15) is 0 Å². The first-order valence-corrected chi connectivity index (χ1v) is 9.61. The Kier molecular flexibility index (Phi) is 11.9. The minimum atomic E-state index is -0.143. The molecule has 0 aromatic heterocycles. The maximum Gasteiger partial charge on any atom is 0.311 e. The molecule has 136 valence electrons. The number of hydrogen-bond acceptors (Lipinski definition) is 3. The normalized spacial score (nSPS) is 10.6. The fraction of sp³-hybridized carbons (Fsp3) is 0.667. The minimum Gasteiger partial charge on any atom is -0.497 e. The second kappa shape index (κ2) is 13.9. The number of methoxy groups -OCH3 is 1. The van der Waals surface area contributed by atoms with Crippen molar-refractivity contribution in [2.24, 2.45) is 0 Å². The van der Waals surface area contributed by atoms with E-state index in [1.54, 1.807) is 31.4 Å². The molecule has 0 heterocycles. The summed E-state index contributed by atoms with van der Waals surface area (Å²) >= 11 is 0. The number of ether oxygens (including phenoxy) is 2. The Morgan fingerprint density at radius 1 is 0.750 bits per heavy atom. The molecule has 0 N–H and O–H groups in total. The molecule has 1 rings (SSSR count). The maximum atomic E-state index is 11.8. The Morgan fingerprint density at radius 3 is 1.71 bits per heavy atom. The van der Waals surface area contributed by atoms with Crippen molar-refractivity contribution in [1.82, 2.24) is 0 Å². The van der Waals surface area contributed by atoms with E-state index in [-0.39, 0.29) is 5.97 Å². The van der Waals surface area contributed by atoms with Crippen LogP contribution in [0.25, 0.3) is 0 Å². The van der Waals surface area contributed by atoms with Gasteiger partial charge in [0.1, 0.15) is 11.5 Å². The molecule has 0 aliphatic rings. The van der Waals surface area contributed by atoms with E-state index in [0.29, 0.717) is 12.2 Å². The molecule has 0 unspecified atom stereocenters. The summed E-state index contributed by atoms with van der Waals surface area (Å²) < 4.78 is 10.4. The van der Waals surface area contributed by atoms with Crippen molar-refractivity contribution >= 4 is 5.97 Å². The SMILES string of the molecule is CCCCCCCCCCCCCC(=O)Oc1ccc(OC)cc1. The van der Waals surface area contributed by atoms with Crippen molar-refractivity contribution in [2.45, 2.75) is 84.0 Å². The Morgan fingerprint density at radius 2 is 1.21 bits per heavy atom. The monoisotopic (exact) mass is 334 g/mol. The number of esters is 1. The highest BCUT2D eigenvalue weighted by Crippen LogP contribution is 2.18. The lowest BCUT2D eigenvalue weighted by Gasteiger charge is -2.05. The van der Waals surface area contributed by atoms with Gasteiger partial charge in [-0.15, -0.1) is 0 Å². The number of unbranched alkanes of at least 4 members (excludes halogenated alkanes) is 10. The van der Waals surface area contributed by atoms with Crippen molar-refractivity contribution in [2.75, 3.05) is 7.11 Å². The van der Waals surface area contributed by atoms with Gasteiger partial charge in [0.05, 0.1) is 7.11 Å². The third-order valence-electron chi connectivity index (χ3n) is 4.28. The highest BCUT2D eigenvalue weighted by molar-refractivity contribution is 5.72. The first-order chi connectivity index (χ1) is 11.8. The molecule has 0 fully saturated rings. The smallest absolute Gasteiger partial charge is 0.311 e. The Labute approximate surface area is 147 Å². The molecule has 0 bridgehead atoms. The topological polar surface area (TPSA) is 35.5 Å². The highest BCUT2D eigenvalue weighted by atomic mass is 16.5. The van der Waals surface area contributed by atoms with E-state index in [9.17, 15) is 4.79 Å². The fourth-order valence-corrected chi connectivity index (χ4v) is 2.76. The second-order valence-electron chi connectivity index (χ2n) is 6.44. The predicted molar refractivity (Wildman–Crippen MR) is 99.7 cm³/mol. The lowest BCUT2D eigenvalue weighted by atomic mass is 10.1. The quantitative estimate of drug-likeness (QED) is 0.227. The third-order valence-corrected chi connectivity index (χ3v) is 4.28. The first kappa shape index (κ1) is 20.5. The Balaban J connectivity index is 1.94. The predicted octanol–water partition coefficient (Wildman–Crippen LogP) is 6.30. The van der Waals surface area contributed by atoms with Gasteiger partial charge in [-0.25, -0.2) is 0 Å².